The number of aromatic nitrogens is 2. The fraction of sp³-hybridized carbons (Fsp3) is 0.583. The van der Waals surface area contributed by atoms with Crippen LogP contribution < -0.4 is 5.32 Å². The van der Waals surface area contributed by atoms with Crippen LogP contribution in [-0.4, -0.2) is 26.6 Å². The van der Waals surface area contributed by atoms with Crippen molar-refractivity contribution in [2.45, 2.75) is 38.1 Å². The van der Waals surface area contributed by atoms with E-state index in [0.29, 0.717) is 18.8 Å². The zero-order chi connectivity index (χ0) is 13.2. The molecule has 18 heavy (non-hydrogen) atoms. The van der Waals surface area contributed by atoms with Crippen molar-refractivity contribution in [3.05, 3.63) is 18.2 Å². The van der Waals surface area contributed by atoms with Crippen molar-refractivity contribution in [3.8, 4) is 0 Å². The van der Waals surface area contributed by atoms with Gasteiger partial charge in [0, 0.05) is 0 Å². The summed E-state index contributed by atoms with van der Waals surface area (Å²) in [4.78, 5) is 19.0. The number of rotatable bonds is 3. The predicted octanol–water partition coefficient (Wildman–Crippen LogP) is 2.06. The van der Waals surface area contributed by atoms with Gasteiger partial charge in [-0.1, -0.05) is 6.92 Å². The molecule has 2 N–H and O–H groups in total. The third-order valence-electron chi connectivity index (χ3n) is 3.51. The van der Waals surface area contributed by atoms with Crippen molar-refractivity contribution in [2.75, 3.05) is 5.32 Å². The average molecular weight is 253 g/mol. The van der Waals surface area contributed by atoms with E-state index in [9.17, 15) is 14.3 Å². The van der Waals surface area contributed by atoms with Crippen LogP contribution in [0.1, 0.15) is 32.6 Å². The Bertz CT molecular complexity index is 427. The van der Waals surface area contributed by atoms with Crippen molar-refractivity contribution in [3.63, 3.8) is 0 Å². The van der Waals surface area contributed by atoms with Gasteiger partial charge in [-0.3, -0.25) is 0 Å². The highest BCUT2D eigenvalue weighted by atomic mass is 19.1. The van der Waals surface area contributed by atoms with Gasteiger partial charge in [-0.15, -0.1) is 0 Å². The first-order valence-corrected chi connectivity index (χ1v) is 6.01. The minimum atomic E-state index is -1.02. The van der Waals surface area contributed by atoms with Gasteiger partial charge in [0.2, 0.25) is 5.95 Å². The molecule has 5 nitrogen and oxygen atoms in total. The number of carboxylic acid groups (broad SMARTS) is 1. The van der Waals surface area contributed by atoms with E-state index in [0.717, 1.165) is 25.2 Å². The maximum absolute atomic E-state index is 12.7. The van der Waals surface area contributed by atoms with Gasteiger partial charge in [0.1, 0.15) is 5.54 Å². The van der Waals surface area contributed by atoms with Crippen LogP contribution in [0.3, 0.4) is 0 Å². The Hall–Kier alpha value is -1.72. The molecule has 0 aromatic carbocycles. The molecule has 1 saturated carbocycles. The summed E-state index contributed by atoms with van der Waals surface area (Å²) in [5, 5.41) is 12.3. The smallest absolute Gasteiger partial charge is 0.329 e. The van der Waals surface area contributed by atoms with E-state index in [1.807, 2.05) is 0 Å². The fourth-order valence-corrected chi connectivity index (χ4v) is 2.24. The molecular formula is C12H16FN3O2. The number of nitrogens with zero attached hydrogens (tertiary/aromatic N) is 2. The summed E-state index contributed by atoms with van der Waals surface area (Å²) >= 11 is 0. The fourth-order valence-electron chi connectivity index (χ4n) is 2.24. The van der Waals surface area contributed by atoms with Gasteiger partial charge in [-0.2, -0.15) is 0 Å². The minimum Gasteiger partial charge on any atom is -0.480 e. The van der Waals surface area contributed by atoms with E-state index in [1.165, 1.54) is 0 Å². The summed E-state index contributed by atoms with van der Waals surface area (Å²) in [6.45, 7) is 2.11. The molecule has 0 atom stereocenters. The maximum atomic E-state index is 12.7. The van der Waals surface area contributed by atoms with Crippen LogP contribution >= 0.6 is 0 Å². The van der Waals surface area contributed by atoms with Gasteiger partial charge in [0.05, 0.1) is 12.4 Å². The molecule has 1 aromatic heterocycles. The minimum absolute atomic E-state index is 0.161. The quantitative estimate of drug-likeness (QED) is 0.862. The van der Waals surface area contributed by atoms with Crippen LogP contribution in [0.4, 0.5) is 10.3 Å². The molecule has 0 bridgehead atoms. The summed E-state index contributed by atoms with van der Waals surface area (Å²) in [5.41, 5.74) is -1.02. The molecular weight excluding hydrogens is 237 g/mol. The Balaban J connectivity index is 2.16. The molecule has 1 aromatic rings. The highest BCUT2D eigenvalue weighted by Gasteiger charge is 2.41. The lowest BCUT2D eigenvalue weighted by molar-refractivity contribution is -0.143. The molecule has 1 fully saturated rings. The topological polar surface area (TPSA) is 75.1 Å². The molecule has 1 aliphatic rings. The van der Waals surface area contributed by atoms with Crippen molar-refractivity contribution >= 4 is 11.9 Å². The van der Waals surface area contributed by atoms with Gasteiger partial charge in [0.15, 0.2) is 5.82 Å². The van der Waals surface area contributed by atoms with E-state index in [1.54, 1.807) is 0 Å². The third kappa shape index (κ3) is 2.57. The number of halogens is 1. The van der Waals surface area contributed by atoms with Crippen LogP contribution in [0.5, 0.6) is 0 Å². The van der Waals surface area contributed by atoms with Crippen LogP contribution in [0.25, 0.3) is 0 Å². The van der Waals surface area contributed by atoms with E-state index in [2.05, 4.69) is 22.2 Å². The van der Waals surface area contributed by atoms with Gasteiger partial charge in [-0.05, 0) is 31.6 Å². The lowest BCUT2D eigenvalue weighted by Crippen LogP contribution is -2.49. The Kier molecular flexibility index (Phi) is 3.45. The average Bonchev–Trinajstić information content (AvgIpc) is 2.35. The van der Waals surface area contributed by atoms with E-state index < -0.39 is 17.3 Å². The zero-order valence-corrected chi connectivity index (χ0v) is 10.2. The summed E-state index contributed by atoms with van der Waals surface area (Å²) in [5.74, 6) is -0.744. The zero-order valence-electron chi connectivity index (χ0n) is 10.2. The van der Waals surface area contributed by atoms with Crippen molar-refractivity contribution in [2.24, 2.45) is 5.92 Å². The Morgan fingerprint density at radius 1 is 1.44 bits per heavy atom. The first kappa shape index (κ1) is 12.7. The summed E-state index contributed by atoms with van der Waals surface area (Å²) in [6.07, 6.45) is 4.81. The monoisotopic (exact) mass is 253 g/mol. The number of carbonyl (C=O) groups is 1. The Morgan fingerprint density at radius 2 is 2.00 bits per heavy atom. The molecule has 6 heteroatoms. The first-order valence-electron chi connectivity index (χ1n) is 6.01. The number of carboxylic acids is 1. The van der Waals surface area contributed by atoms with Crippen molar-refractivity contribution < 1.29 is 14.3 Å². The first-order chi connectivity index (χ1) is 8.52. The molecule has 0 unspecified atom stereocenters. The SMILES string of the molecule is CC1CCC(Nc2ncc(F)cn2)(C(=O)O)CC1. The number of hydrogen-bond acceptors (Lipinski definition) is 4. The van der Waals surface area contributed by atoms with E-state index in [4.69, 9.17) is 0 Å². The largest absolute Gasteiger partial charge is 0.480 e. The van der Waals surface area contributed by atoms with Gasteiger partial charge in [-0.25, -0.2) is 19.2 Å². The summed E-state index contributed by atoms with van der Waals surface area (Å²) in [7, 11) is 0. The van der Waals surface area contributed by atoms with E-state index >= 15 is 0 Å². The number of nitrogens with one attached hydrogen (secondary N) is 1. The number of anilines is 1. The van der Waals surface area contributed by atoms with Crippen LogP contribution in [0.15, 0.2) is 12.4 Å². The number of aliphatic carboxylic acids is 1. The summed E-state index contributed by atoms with van der Waals surface area (Å²) in [6, 6.07) is 0. The molecule has 2 rings (SSSR count). The van der Waals surface area contributed by atoms with Crippen molar-refractivity contribution in [1.29, 1.82) is 0 Å². The van der Waals surface area contributed by atoms with Crippen LogP contribution in [-0.2, 0) is 4.79 Å². The molecule has 0 aliphatic heterocycles. The van der Waals surface area contributed by atoms with Gasteiger partial charge >= 0.3 is 5.97 Å². The molecule has 0 radical (unpaired) electrons. The van der Waals surface area contributed by atoms with Crippen molar-refractivity contribution in [1.82, 2.24) is 9.97 Å². The van der Waals surface area contributed by atoms with E-state index in [-0.39, 0.29) is 5.95 Å². The third-order valence-corrected chi connectivity index (χ3v) is 3.51. The lowest BCUT2D eigenvalue weighted by atomic mass is 9.77. The van der Waals surface area contributed by atoms with Crippen LogP contribution in [0, 0.1) is 11.7 Å². The highest BCUT2D eigenvalue weighted by Crippen LogP contribution is 2.34. The Morgan fingerprint density at radius 3 is 2.50 bits per heavy atom. The summed E-state index contributed by atoms with van der Waals surface area (Å²) < 4.78 is 12.7. The number of hydrogen-bond donors (Lipinski definition) is 2. The highest BCUT2D eigenvalue weighted by molar-refractivity contribution is 5.82. The molecule has 1 aliphatic carbocycles. The molecule has 98 valence electrons. The van der Waals surface area contributed by atoms with Crippen LogP contribution in [0.2, 0.25) is 0 Å². The van der Waals surface area contributed by atoms with Gasteiger partial charge < -0.3 is 10.4 Å². The normalized spacial score (nSPS) is 27.8. The second-order valence-corrected chi connectivity index (χ2v) is 4.92. The molecule has 0 saturated heterocycles. The Labute approximate surface area is 104 Å². The maximum Gasteiger partial charge on any atom is 0.329 e. The second-order valence-electron chi connectivity index (χ2n) is 4.92. The predicted molar refractivity (Wildman–Crippen MR) is 63.6 cm³/mol. The van der Waals surface area contributed by atoms with Gasteiger partial charge in [0.25, 0.3) is 0 Å². The lowest BCUT2D eigenvalue weighted by Gasteiger charge is -2.36. The second kappa shape index (κ2) is 4.88. The molecule has 0 amide bonds. The standard InChI is InChI=1S/C12H16FN3O2/c1-8-2-4-12(5-3-8,10(17)18)16-11-14-6-9(13)7-15-11/h6-8H,2-5H2,1H3,(H,17,18)(H,14,15,16). The molecule has 0 spiro atoms. The molecule has 1 heterocycles.